The number of aryl methyl sites for hydroxylation is 1. The lowest BCUT2D eigenvalue weighted by Crippen LogP contribution is -2.00. The molecule has 1 aromatic carbocycles. The summed E-state index contributed by atoms with van der Waals surface area (Å²) in [5.74, 6) is 0. The fraction of sp³-hybridized carbons (Fsp3) is 0.267. The highest BCUT2D eigenvalue weighted by Crippen LogP contribution is 2.24. The molecule has 3 heteroatoms. The predicted octanol–water partition coefficient (Wildman–Crippen LogP) is 3.77. The first-order valence-electron chi connectivity index (χ1n) is 6.09. The molecule has 18 heavy (non-hydrogen) atoms. The molecule has 2 nitrogen and oxygen atoms in total. The van der Waals surface area contributed by atoms with E-state index in [-0.39, 0.29) is 0 Å². The Morgan fingerprint density at radius 2 is 2.00 bits per heavy atom. The second-order valence-electron chi connectivity index (χ2n) is 4.31. The standard InChI is InChI=1S/C15H16ClNO/c1-2-4-11-5-3-6-12(9-11)15(18)13-7-8-17-14(16)10-13/h3,5-10,15,18H,2,4H2,1H3. The van der Waals surface area contributed by atoms with E-state index in [0.29, 0.717) is 5.15 Å². The fourth-order valence-electron chi connectivity index (χ4n) is 1.99. The van der Waals surface area contributed by atoms with E-state index in [4.69, 9.17) is 11.6 Å². The summed E-state index contributed by atoms with van der Waals surface area (Å²) in [5.41, 5.74) is 2.90. The molecule has 0 bridgehead atoms. The van der Waals surface area contributed by atoms with Crippen molar-refractivity contribution in [3.63, 3.8) is 0 Å². The molecule has 0 amide bonds. The Bertz CT molecular complexity index is 527. The Hall–Kier alpha value is -1.38. The van der Waals surface area contributed by atoms with Crippen molar-refractivity contribution in [2.24, 2.45) is 0 Å². The van der Waals surface area contributed by atoms with Gasteiger partial charge in [0.05, 0.1) is 0 Å². The molecular weight excluding hydrogens is 246 g/mol. The summed E-state index contributed by atoms with van der Waals surface area (Å²) in [4.78, 5) is 3.92. The summed E-state index contributed by atoms with van der Waals surface area (Å²) in [6.45, 7) is 2.14. The zero-order chi connectivity index (χ0) is 13.0. The third-order valence-electron chi connectivity index (χ3n) is 2.87. The van der Waals surface area contributed by atoms with Gasteiger partial charge in [0.2, 0.25) is 0 Å². The van der Waals surface area contributed by atoms with Crippen LogP contribution in [0.3, 0.4) is 0 Å². The molecule has 1 N–H and O–H groups in total. The van der Waals surface area contributed by atoms with Gasteiger partial charge in [-0.2, -0.15) is 0 Å². The van der Waals surface area contributed by atoms with Crippen LogP contribution in [0.15, 0.2) is 42.6 Å². The quantitative estimate of drug-likeness (QED) is 0.850. The van der Waals surface area contributed by atoms with Crippen molar-refractivity contribution < 1.29 is 5.11 Å². The van der Waals surface area contributed by atoms with E-state index in [1.54, 1.807) is 18.3 Å². The largest absolute Gasteiger partial charge is 0.384 e. The minimum absolute atomic E-state index is 0.399. The van der Waals surface area contributed by atoms with Gasteiger partial charge in [-0.15, -0.1) is 0 Å². The van der Waals surface area contributed by atoms with Gasteiger partial charge in [-0.05, 0) is 35.2 Å². The first-order valence-corrected chi connectivity index (χ1v) is 6.47. The highest BCUT2D eigenvalue weighted by atomic mass is 35.5. The molecule has 2 aromatic rings. The number of pyridine rings is 1. The first kappa shape index (κ1) is 13.1. The molecule has 0 fully saturated rings. The Morgan fingerprint density at radius 3 is 2.72 bits per heavy atom. The number of nitrogens with zero attached hydrogens (tertiary/aromatic N) is 1. The van der Waals surface area contributed by atoms with Crippen molar-refractivity contribution in [3.05, 3.63) is 64.4 Å². The van der Waals surface area contributed by atoms with E-state index in [1.807, 2.05) is 18.2 Å². The molecule has 1 atom stereocenters. The van der Waals surface area contributed by atoms with Crippen molar-refractivity contribution in [2.75, 3.05) is 0 Å². The van der Waals surface area contributed by atoms with E-state index in [0.717, 1.165) is 24.0 Å². The lowest BCUT2D eigenvalue weighted by molar-refractivity contribution is 0.220. The molecule has 94 valence electrons. The second-order valence-corrected chi connectivity index (χ2v) is 4.70. The average molecular weight is 262 g/mol. The summed E-state index contributed by atoms with van der Waals surface area (Å²) >= 11 is 5.84. The minimum Gasteiger partial charge on any atom is -0.384 e. The molecule has 1 unspecified atom stereocenters. The third-order valence-corrected chi connectivity index (χ3v) is 3.08. The molecule has 0 spiro atoms. The van der Waals surface area contributed by atoms with Gasteiger partial charge in [-0.3, -0.25) is 0 Å². The van der Waals surface area contributed by atoms with Crippen molar-refractivity contribution in [1.82, 2.24) is 4.98 Å². The molecule has 1 heterocycles. The van der Waals surface area contributed by atoms with E-state index in [1.165, 1.54) is 5.56 Å². The van der Waals surface area contributed by atoms with Crippen LogP contribution in [0, 0.1) is 0 Å². The summed E-state index contributed by atoms with van der Waals surface area (Å²) in [5, 5.41) is 10.7. The normalized spacial score (nSPS) is 12.4. The predicted molar refractivity (Wildman–Crippen MR) is 73.7 cm³/mol. The zero-order valence-electron chi connectivity index (χ0n) is 10.3. The van der Waals surface area contributed by atoms with Crippen molar-refractivity contribution in [1.29, 1.82) is 0 Å². The number of benzene rings is 1. The number of aliphatic hydroxyl groups excluding tert-OH is 1. The molecule has 0 aliphatic heterocycles. The molecular formula is C15H16ClNO. The van der Waals surface area contributed by atoms with E-state index in [9.17, 15) is 5.11 Å². The van der Waals surface area contributed by atoms with Crippen LogP contribution < -0.4 is 0 Å². The third kappa shape index (κ3) is 3.09. The van der Waals surface area contributed by atoms with Crippen molar-refractivity contribution in [2.45, 2.75) is 25.9 Å². The zero-order valence-corrected chi connectivity index (χ0v) is 11.1. The van der Waals surface area contributed by atoms with Crippen molar-refractivity contribution in [3.8, 4) is 0 Å². The number of rotatable bonds is 4. The molecule has 0 aliphatic carbocycles. The number of aromatic nitrogens is 1. The van der Waals surface area contributed by atoms with Crippen LogP contribution in [0.2, 0.25) is 5.15 Å². The van der Waals surface area contributed by atoms with Gasteiger partial charge < -0.3 is 5.11 Å². The SMILES string of the molecule is CCCc1cccc(C(O)c2ccnc(Cl)c2)c1. The van der Waals surface area contributed by atoms with Crippen LogP contribution in [0.25, 0.3) is 0 Å². The van der Waals surface area contributed by atoms with Crippen LogP contribution in [0.5, 0.6) is 0 Å². The number of hydrogen-bond acceptors (Lipinski definition) is 2. The van der Waals surface area contributed by atoms with Gasteiger partial charge in [0.1, 0.15) is 11.3 Å². The maximum Gasteiger partial charge on any atom is 0.129 e. The maximum atomic E-state index is 10.3. The van der Waals surface area contributed by atoms with Crippen LogP contribution in [0.4, 0.5) is 0 Å². The minimum atomic E-state index is -0.651. The van der Waals surface area contributed by atoms with E-state index in [2.05, 4.69) is 18.0 Å². The molecule has 0 radical (unpaired) electrons. The Morgan fingerprint density at radius 1 is 1.22 bits per heavy atom. The van der Waals surface area contributed by atoms with Gasteiger partial charge in [0.25, 0.3) is 0 Å². The summed E-state index contributed by atoms with van der Waals surface area (Å²) < 4.78 is 0. The molecule has 0 saturated heterocycles. The summed E-state index contributed by atoms with van der Waals surface area (Å²) in [6.07, 6.45) is 3.08. The fourth-order valence-corrected chi connectivity index (χ4v) is 2.17. The van der Waals surface area contributed by atoms with Crippen LogP contribution in [0.1, 0.15) is 36.1 Å². The van der Waals surface area contributed by atoms with Gasteiger partial charge in [0.15, 0.2) is 0 Å². The molecule has 0 saturated carbocycles. The summed E-state index contributed by atoms with van der Waals surface area (Å²) in [7, 11) is 0. The lowest BCUT2D eigenvalue weighted by Gasteiger charge is -2.12. The van der Waals surface area contributed by atoms with E-state index >= 15 is 0 Å². The Balaban J connectivity index is 2.27. The highest BCUT2D eigenvalue weighted by molar-refractivity contribution is 6.29. The van der Waals surface area contributed by atoms with Crippen molar-refractivity contribution >= 4 is 11.6 Å². The Kier molecular flexibility index (Phi) is 4.34. The number of hydrogen-bond donors (Lipinski definition) is 1. The first-order chi connectivity index (χ1) is 8.70. The molecule has 1 aromatic heterocycles. The Labute approximate surface area is 112 Å². The number of aliphatic hydroxyl groups is 1. The molecule has 0 aliphatic rings. The van der Waals surface area contributed by atoms with Crippen LogP contribution >= 0.6 is 11.6 Å². The van der Waals surface area contributed by atoms with Crippen LogP contribution in [-0.4, -0.2) is 10.1 Å². The van der Waals surface area contributed by atoms with E-state index < -0.39 is 6.10 Å². The van der Waals surface area contributed by atoms with Gasteiger partial charge in [0, 0.05) is 6.20 Å². The van der Waals surface area contributed by atoms with Gasteiger partial charge >= 0.3 is 0 Å². The monoisotopic (exact) mass is 261 g/mol. The van der Waals surface area contributed by atoms with Gasteiger partial charge in [-0.25, -0.2) is 4.98 Å². The number of halogens is 1. The van der Waals surface area contributed by atoms with Gasteiger partial charge in [-0.1, -0.05) is 49.2 Å². The topological polar surface area (TPSA) is 33.1 Å². The average Bonchev–Trinajstić information content (AvgIpc) is 2.39. The summed E-state index contributed by atoms with van der Waals surface area (Å²) in [6, 6.07) is 11.5. The smallest absolute Gasteiger partial charge is 0.129 e. The second kappa shape index (κ2) is 5.98. The lowest BCUT2D eigenvalue weighted by atomic mass is 9.99. The molecule has 2 rings (SSSR count). The highest BCUT2D eigenvalue weighted by Gasteiger charge is 2.11. The van der Waals surface area contributed by atoms with Crippen LogP contribution in [-0.2, 0) is 6.42 Å². The maximum absolute atomic E-state index is 10.3.